The van der Waals surface area contributed by atoms with Crippen molar-refractivity contribution < 1.29 is 9.63 Å². The number of rotatable bonds is 5. The quantitative estimate of drug-likeness (QED) is 0.655. The van der Waals surface area contributed by atoms with Gasteiger partial charge in [-0.2, -0.15) is 0 Å². The molecule has 0 spiro atoms. The molecular formula is C16H17NO2. The molecule has 0 aromatic heterocycles. The van der Waals surface area contributed by atoms with E-state index in [-0.39, 0.29) is 5.78 Å². The van der Waals surface area contributed by atoms with E-state index in [2.05, 4.69) is 5.48 Å². The average molecular weight is 255 g/mol. The Bertz CT molecular complexity index is 552. The van der Waals surface area contributed by atoms with E-state index in [1.54, 1.807) is 19.1 Å². The van der Waals surface area contributed by atoms with Crippen LogP contribution in [0, 0.1) is 6.92 Å². The van der Waals surface area contributed by atoms with E-state index >= 15 is 0 Å². The van der Waals surface area contributed by atoms with E-state index in [9.17, 15) is 4.79 Å². The first-order valence-electron chi connectivity index (χ1n) is 6.25. The maximum atomic E-state index is 12.1. The summed E-state index contributed by atoms with van der Waals surface area (Å²) < 4.78 is 0. The standard InChI is InChI=1S/C16H17NO2/c1-12-8-6-7-11-15(12)17-19-13(2)16(18)14-9-4-3-5-10-14/h3-11,13,17H,1-2H3. The van der Waals surface area contributed by atoms with Crippen molar-refractivity contribution in [3.63, 3.8) is 0 Å². The molecular weight excluding hydrogens is 238 g/mol. The number of anilines is 1. The molecule has 3 heteroatoms. The third-order valence-corrected chi connectivity index (χ3v) is 2.92. The first-order valence-corrected chi connectivity index (χ1v) is 6.25. The van der Waals surface area contributed by atoms with Crippen molar-refractivity contribution in [1.29, 1.82) is 0 Å². The zero-order valence-corrected chi connectivity index (χ0v) is 11.1. The van der Waals surface area contributed by atoms with E-state index in [1.807, 2.05) is 49.4 Å². The number of benzene rings is 2. The Morgan fingerprint density at radius 3 is 2.37 bits per heavy atom. The van der Waals surface area contributed by atoms with Crippen molar-refractivity contribution >= 4 is 11.5 Å². The third-order valence-electron chi connectivity index (χ3n) is 2.92. The first kappa shape index (κ1) is 13.3. The van der Waals surface area contributed by atoms with E-state index in [4.69, 9.17) is 4.84 Å². The highest BCUT2D eigenvalue weighted by Gasteiger charge is 2.15. The fourth-order valence-corrected chi connectivity index (χ4v) is 1.73. The summed E-state index contributed by atoms with van der Waals surface area (Å²) in [5.74, 6) is -0.0401. The molecule has 0 amide bonds. The van der Waals surface area contributed by atoms with Crippen LogP contribution in [0.2, 0.25) is 0 Å². The number of Topliss-reactive ketones (excluding diaryl/α,β-unsaturated/α-hetero) is 1. The van der Waals surface area contributed by atoms with Crippen molar-refractivity contribution in [2.75, 3.05) is 5.48 Å². The van der Waals surface area contributed by atoms with Gasteiger partial charge in [-0.1, -0.05) is 48.5 Å². The zero-order chi connectivity index (χ0) is 13.7. The number of para-hydroxylation sites is 1. The molecule has 0 heterocycles. The van der Waals surface area contributed by atoms with Crippen LogP contribution >= 0.6 is 0 Å². The molecule has 0 aliphatic rings. The second-order valence-electron chi connectivity index (χ2n) is 4.41. The van der Waals surface area contributed by atoms with Gasteiger partial charge < -0.3 is 0 Å². The second-order valence-corrected chi connectivity index (χ2v) is 4.41. The van der Waals surface area contributed by atoms with E-state index in [0.717, 1.165) is 11.3 Å². The molecule has 1 unspecified atom stereocenters. The number of nitrogens with one attached hydrogen (secondary N) is 1. The molecule has 0 saturated heterocycles. The molecule has 0 aliphatic heterocycles. The van der Waals surface area contributed by atoms with Crippen LogP contribution < -0.4 is 5.48 Å². The van der Waals surface area contributed by atoms with Crippen LogP contribution in [0.15, 0.2) is 54.6 Å². The Balaban J connectivity index is 1.97. The summed E-state index contributed by atoms with van der Waals surface area (Å²) in [6.07, 6.45) is -0.540. The van der Waals surface area contributed by atoms with Crippen molar-refractivity contribution in [3.05, 3.63) is 65.7 Å². The number of ketones is 1. The minimum atomic E-state index is -0.540. The highest BCUT2D eigenvalue weighted by Crippen LogP contribution is 2.14. The molecule has 19 heavy (non-hydrogen) atoms. The molecule has 0 saturated carbocycles. The van der Waals surface area contributed by atoms with Gasteiger partial charge in [0.15, 0.2) is 5.78 Å². The Morgan fingerprint density at radius 1 is 1.05 bits per heavy atom. The van der Waals surface area contributed by atoms with Crippen LogP contribution in [-0.2, 0) is 4.84 Å². The Morgan fingerprint density at radius 2 is 1.68 bits per heavy atom. The van der Waals surface area contributed by atoms with Gasteiger partial charge in [0.2, 0.25) is 0 Å². The topological polar surface area (TPSA) is 38.3 Å². The van der Waals surface area contributed by atoms with Gasteiger partial charge in [-0.25, -0.2) is 0 Å². The number of carbonyl (C=O) groups is 1. The largest absolute Gasteiger partial charge is 0.291 e. The predicted molar refractivity (Wildman–Crippen MR) is 76.1 cm³/mol. The van der Waals surface area contributed by atoms with Crippen LogP contribution in [0.25, 0.3) is 0 Å². The predicted octanol–water partition coefficient (Wildman–Crippen LogP) is 3.61. The molecule has 0 aliphatic carbocycles. The van der Waals surface area contributed by atoms with E-state index < -0.39 is 6.10 Å². The first-order chi connectivity index (χ1) is 9.18. The molecule has 2 rings (SSSR count). The van der Waals surface area contributed by atoms with Crippen molar-refractivity contribution in [1.82, 2.24) is 0 Å². The Hall–Kier alpha value is -2.13. The number of hydrogen-bond acceptors (Lipinski definition) is 3. The summed E-state index contributed by atoms with van der Waals surface area (Å²) in [6, 6.07) is 16.9. The lowest BCUT2D eigenvalue weighted by atomic mass is 10.1. The molecule has 0 fully saturated rings. The lowest BCUT2D eigenvalue weighted by molar-refractivity contribution is 0.0647. The summed E-state index contributed by atoms with van der Waals surface area (Å²) in [5, 5.41) is 0. The number of hydrogen-bond donors (Lipinski definition) is 1. The maximum Gasteiger partial charge on any atom is 0.193 e. The van der Waals surface area contributed by atoms with Gasteiger partial charge in [-0.15, -0.1) is 0 Å². The minimum absolute atomic E-state index is 0.0401. The Kier molecular flexibility index (Phi) is 4.31. The molecule has 0 radical (unpaired) electrons. The van der Waals surface area contributed by atoms with Gasteiger partial charge in [0.1, 0.15) is 6.10 Å². The van der Waals surface area contributed by atoms with Crippen LogP contribution in [0.5, 0.6) is 0 Å². The van der Waals surface area contributed by atoms with Crippen molar-refractivity contribution in [2.45, 2.75) is 20.0 Å². The normalized spacial score (nSPS) is 11.9. The third kappa shape index (κ3) is 3.42. The number of carbonyl (C=O) groups excluding carboxylic acids is 1. The summed E-state index contributed by atoms with van der Waals surface area (Å²) in [6.45, 7) is 3.72. The lowest BCUT2D eigenvalue weighted by Crippen LogP contribution is -2.23. The van der Waals surface area contributed by atoms with E-state index in [1.165, 1.54) is 0 Å². The summed E-state index contributed by atoms with van der Waals surface area (Å²) in [4.78, 5) is 17.5. The summed E-state index contributed by atoms with van der Waals surface area (Å²) in [7, 11) is 0. The fourth-order valence-electron chi connectivity index (χ4n) is 1.73. The SMILES string of the molecule is Cc1ccccc1NOC(C)C(=O)c1ccccc1. The Labute approximate surface area is 113 Å². The zero-order valence-electron chi connectivity index (χ0n) is 11.1. The molecule has 98 valence electrons. The summed E-state index contributed by atoms with van der Waals surface area (Å²) >= 11 is 0. The molecule has 0 bridgehead atoms. The monoisotopic (exact) mass is 255 g/mol. The lowest BCUT2D eigenvalue weighted by Gasteiger charge is -2.14. The van der Waals surface area contributed by atoms with Gasteiger partial charge >= 0.3 is 0 Å². The van der Waals surface area contributed by atoms with Crippen LogP contribution in [0.1, 0.15) is 22.8 Å². The molecule has 3 nitrogen and oxygen atoms in total. The summed E-state index contributed by atoms with van der Waals surface area (Å²) in [5.41, 5.74) is 5.44. The van der Waals surface area contributed by atoms with Gasteiger partial charge in [0.25, 0.3) is 0 Å². The van der Waals surface area contributed by atoms with E-state index in [0.29, 0.717) is 5.56 Å². The maximum absolute atomic E-state index is 12.1. The van der Waals surface area contributed by atoms with Gasteiger partial charge in [-0.3, -0.25) is 15.1 Å². The van der Waals surface area contributed by atoms with Crippen LogP contribution in [0.3, 0.4) is 0 Å². The van der Waals surface area contributed by atoms with Crippen LogP contribution in [-0.4, -0.2) is 11.9 Å². The van der Waals surface area contributed by atoms with Gasteiger partial charge in [0.05, 0.1) is 5.69 Å². The van der Waals surface area contributed by atoms with Crippen molar-refractivity contribution in [3.8, 4) is 0 Å². The number of aryl methyl sites for hydroxylation is 1. The average Bonchev–Trinajstić information content (AvgIpc) is 2.46. The molecule has 2 aromatic rings. The highest BCUT2D eigenvalue weighted by atomic mass is 16.7. The second kappa shape index (κ2) is 6.16. The molecule has 1 atom stereocenters. The molecule has 2 aromatic carbocycles. The van der Waals surface area contributed by atoms with Gasteiger partial charge in [-0.05, 0) is 25.5 Å². The van der Waals surface area contributed by atoms with Crippen LogP contribution in [0.4, 0.5) is 5.69 Å². The van der Waals surface area contributed by atoms with Crippen molar-refractivity contribution in [2.24, 2.45) is 0 Å². The smallest absolute Gasteiger partial charge is 0.193 e. The minimum Gasteiger partial charge on any atom is -0.291 e. The molecule has 1 N–H and O–H groups in total. The highest BCUT2D eigenvalue weighted by molar-refractivity contribution is 5.99. The fraction of sp³-hybridized carbons (Fsp3) is 0.188. The van der Waals surface area contributed by atoms with Gasteiger partial charge in [0, 0.05) is 5.56 Å².